The number of aromatic nitrogens is 2. The first kappa shape index (κ1) is 10.2. The van der Waals surface area contributed by atoms with Crippen LogP contribution >= 0.6 is 0 Å². The molecule has 13 heavy (non-hydrogen) atoms. The van der Waals surface area contributed by atoms with Crippen molar-refractivity contribution >= 4 is 0 Å². The van der Waals surface area contributed by atoms with E-state index in [9.17, 15) is 4.39 Å². The average molecular weight is 184 g/mol. The molecule has 3 heteroatoms. The summed E-state index contributed by atoms with van der Waals surface area (Å²) in [5.41, 5.74) is 1.20. The Morgan fingerprint density at radius 2 is 2.15 bits per heavy atom. The van der Waals surface area contributed by atoms with E-state index < -0.39 is 0 Å². The Balaban J connectivity index is 2.67. The summed E-state index contributed by atoms with van der Waals surface area (Å²) in [6.07, 6.45) is 3.77. The maximum Gasteiger partial charge on any atom is 0.109 e. The highest BCUT2D eigenvalue weighted by Crippen LogP contribution is 2.22. The van der Waals surface area contributed by atoms with Gasteiger partial charge in [-0.05, 0) is 17.4 Å². The van der Waals surface area contributed by atoms with Crippen molar-refractivity contribution in [2.24, 2.45) is 5.92 Å². The Labute approximate surface area is 78.8 Å². The quantitative estimate of drug-likeness (QED) is 0.703. The fraction of sp³-hybridized carbons (Fsp3) is 0.700. The predicted molar refractivity (Wildman–Crippen MR) is 51.5 cm³/mol. The van der Waals surface area contributed by atoms with Crippen molar-refractivity contribution in [3.63, 3.8) is 0 Å². The minimum atomic E-state index is -0.350. The molecule has 0 aliphatic heterocycles. The predicted octanol–water partition coefficient (Wildman–Crippen LogP) is 2.61. The molecule has 0 radical (unpaired) electrons. The lowest BCUT2D eigenvalue weighted by Crippen LogP contribution is -2.02. The van der Waals surface area contributed by atoms with Crippen LogP contribution in [-0.4, -0.2) is 16.5 Å². The molecule has 0 aromatic carbocycles. The van der Waals surface area contributed by atoms with E-state index in [1.54, 1.807) is 4.68 Å². The third-order valence-corrected chi connectivity index (χ3v) is 2.49. The van der Waals surface area contributed by atoms with Crippen LogP contribution in [0.5, 0.6) is 0 Å². The van der Waals surface area contributed by atoms with Gasteiger partial charge in [-0.3, -0.25) is 4.68 Å². The van der Waals surface area contributed by atoms with Gasteiger partial charge in [0, 0.05) is 6.20 Å². The number of nitrogens with zero attached hydrogens (tertiary/aromatic N) is 2. The van der Waals surface area contributed by atoms with E-state index in [-0.39, 0.29) is 6.67 Å². The number of halogens is 1. The molecule has 0 fully saturated rings. The lowest BCUT2D eigenvalue weighted by atomic mass is 9.93. The summed E-state index contributed by atoms with van der Waals surface area (Å²) in [6.45, 7) is 6.54. The van der Waals surface area contributed by atoms with E-state index in [4.69, 9.17) is 0 Å². The van der Waals surface area contributed by atoms with Crippen molar-refractivity contribution in [3.05, 3.63) is 18.0 Å². The maximum atomic E-state index is 12.0. The summed E-state index contributed by atoms with van der Waals surface area (Å²) < 4.78 is 13.6. The number of hydrogen-bond acceptors (Lipinski definition) is 1. The van der Waals surface area contributed by atoms with Crippen LogP contribution in [0.3, 0.4) is 0 Å². The molecular weight excluding hydrogens is 167 g/mol. The summed E-state index contributed by atoms with van der Waals surface area (Å²) in [7, 11) is 0. The molecule has 0 bridgehead atoms. The third kappa shape index (κ3) is 2.54. The first-order chi connectivity index (χ1) is 6.15. The van der Waals surface area contributed by atoms with Crippen molar-refractivity contribution in [1.29, 1.82) is 0 Å². The third-order valence-electron chi connectivity index (χ3n) is 2.49. The molecule has 74 valence electrons. The molecule has 1 heterocycles. The second kappa shape index (κ2) is 4.40. The van der Waals surface area contributed by atoms with Crippen LogP contribution in [0.15, 0.2) is 12.4 Å². The Morgan fingerprint density at radius 3 is 2.69 bits per heavy atom. The van der Waals surface area contributed by atoms with Gasteiger partial charge < -0.3 is 0 Å². The van der Waals surface area contributed by atoms with Crippen LogP contribution in [0.25, 0.3) is 0 Å². The Hall–Kier alpha value is -0.860. The number of hydrogen-bond donors (Lipinski definition) is 0. The van der Waals surface area contributed by atoms with Crippen LogP contribution in [-0.2, 0) is 6.54 Å². The first-order valence-electron chi connectivity index (χ1n) is 4.73. The minimum Gasteiger partial charge on any atom is -0.270 e. The fourth-order valence-corrected chi connectivity index (χ4v) is 1.21. The molecule has 1 aromatic rings. The Kier molecular flexibility index (Phi) is 3.46. The highest BCUT2D eigenvalue weighted by molar-refractivity contribution is 5.10. The Morgan fingerprint density at radius 1 is 1.46 bits per heavy atom. The molecule has 1 atom stereocenters. The zero-order valence-electron chi connectivity index (χ0n) is 8.50. The van der Waals surface area contributed by atoms with Crippen molar-refractivity contribution in [2.45, 2.75) is 33.2 Å². The molecule has 0 saturated carbocycles. The van der Waals surface area contributed by atoms with Gasteiger partial charge in [0.05, 0.1) is 12.7 Å². The SMILES string of the molecule is CC(C)C(C)c1cnn(CCF)c1. The number of rotatable bonds is 4. The zero-order chi connectivity index (χ0) is 9.84. The van der Waals surface area contributed by atoms with Gasteiger partial charge in [0.1, 0.15) is 6.67 Å². The van der Waals surface area contributed by atoms with Crippen LogP contribution in [0.2, 0.25) is 0 Å². The van der Waals surface area contributed by atoms with Crippen LogP contribution in [0.4, 0.5) is 4.39 Å². The molecule has 0 spiro atoms. The van der Waals surface area contributed by atoms with E-state index in [0.717, 1.165) is 0 Å². The summed E-state index contributed by atoms with van der Waals surface area (Å²) in [6, 6.07) is 0. The van der Waals surface area contributed by atoms with Gasteiger partial charge in [-0.1, -0.05) is 20.8 Å². The van der Waals surface area contributed by atoms with Gasteiger partial charge in [-0.25, -0.2) is 4.39 Å². The van der Waals surface area contributed by atoms with E-state index in [1.165, 1.54) is 5.56 Å². The molecule has 0 saturated heterocycles. The number of alkyl halides is 1. The van der Waals surface area contributed by atoms with Crippen molar-refractivity contribution in [2.75, 3.05) is 6.67 Å². The molecule has 0 aliphatic carbocycles. The largest absolute Gasteiger partial charge is 0.270 e. The van der Waals surface area contributed by atoms with Gasteiger partial charge in [-0.15, -0.1) is 0 Å². The van der Waals surface area contributed by atoms with Gasteiger partial charge in [0.2, 0.25) is 0 Å². The fourth-order valence-electron chi connectivity index (χ4n) is 1.21. The van der Waals surface area contributed by atoms with E-state index >= 15 is 0 Å². The van der Waals surface area contributed by atoms with Crippen LogP contribution in [0.1, 0.15) is 32.3 Å². The second-order valence-corrected chi connectivity index (χ2v) is 3.76. The molecular formula is C10H17FN2. The maximum absolute atomic E-state index is 12.0. The summed E-state index contributed by atoms with van der Waals surface area (Å²) in [5.74, 6) is 1.09. The lowest BCUT2D eigenvalue weighted by molar-refractivity contribution is 0.426. The lowest BCUT2D eigenvalue weighted by Gasteiger charge is -2.12. The highest BCUT2D eigenvalue weighted by Gasteiger charge is 2.11. The van der Waals surface area contributed by atoms with Crippen molar-refractivity contribution in [1.82, 2.24) is 9.78 Å². The standard InChI is InChI=1S/C10H17FN2/c1-8(2)9(3)10-6-12-13(7-10)5-4-11/h6-9H,4-5H2,1-3H3. The average Bonchev–Trinajstić information content (AvgIpc) is 2.52. The molecule has 0 amide bonds. The Bertz CT molecular complexity index is 255. The highest BCUT2D eigenvalue weighted by atomic mass is 19.1. The monoisotopic (exact) mass is 184 g/mol. The first-order valence-corrected chi connectivity index (χ1v) is 4.73. The zero-order valence-corrected chi connectivity index (χ0v) is 8.50. The van der Waals surface area contributed by atoms with E-state index in [0.29, 0.717) is 18.4 Å². The van der Waals surface area contributed by atoms with Crippen LogP contribution < -0.4 is 0 Å². The van der Waals surface area contributed by atoms with Gasteiger partial charge in [-0.2, -0.15) is 5.10 Å². The normalized spacial score (nSPS) is 13.6. The topological polar surface area (TPSA) is 17.8 Å². The summed E-state index contributed by atoms with van der Waals surface area (Å²) in [4.78, 5) is 0. The molecule has 1 unspecified atom stereocenters. The van der Waals surface area contributed by atoms with Gasteiger partial charge in [0.15, 0.2) is 0 Å². The van der Waals surface area contributed by atoms with Crippen molar-refractivity contribution in [3.8, 4) is 0 Å². The van der Waals surface area contributed by atoms with Gasteiger partial charge >= 0.3 is 0 Å². The summed E-state index contributed by atoms with van der Waals surface area (Å²) in [5, 5.41) is 4.09. The van der Waals surface area contributed by atoms with E-state index in [2.05, 4.69) is 25.9 Å². The van der Waals surface area contributed by atoms with Crippen LogP contribution in [0, 0.1) is 5.92 Å². The second-order valence-electron chi connectivity index (χ2n) is 3.76. The summed E-state index contributed by atoms with van der Waals surface area (Å²) >= 11 is 0. The van der Waals surface area contributed by atoms with Crippen molar-refractivity contribution < 1.29 is 4.39 Å². The van der Waals surface area contributed by atoms with Gasteiger partial charge in [0.25, 0.3) is 0 Å². The molecule has 0 N–H and O–H groups in total. The molecule has 2 nitrogen and oxygen atoms in total. The van der Waals surface area contributed by atoms with E-state index in [1.807, 2.05) is 12.4 Å². The smallest absolute Gasteiger partial charge is 0.109 e. The molecule has 1 rings (SSSR count). The number of aryl methyl sites for hydroxylation is 1. The minimum absolute atomic E-state index is 0.350. The molecule has 0 aliphatic rings. The molecule has 1 aromatic heterocycles.